The van der Waals surface area contributed by atoms with E-state index in [9.17, 15) is 13.2 Å². The predicted octanol–water partition coefficient (Wildman–Crippen LogP) is 3.78. The summed E-state index contributed by atoms with van der Waals surface area (Å²) in [4.78, 5) is 0. The second kappa shape index (κ2) is 6.91. The van der Waals surface area contributed by atoms with Gasteiger partial charge in [0.1, 0.15) is 0 Å². The van der Waals surface area contributed by atoms with Crippen LogP contribution in [0.5, 0.6) is 0 Å². The largest absolute Gasteiger partial charge is 0.416 e. The number of nitrogens with one attached hydrogen (secondary N) is 1. The van der Waals surface area contributed by atoms with E-state index in [-0.39, 0.29) is 12.1 Å². The SMILES string of the molecule is CCNC(CC(C)OC)c1cccc(C(F)(F)F)c1. The standard InChI is InChI=1S/C14H20F3NO/c1-4-18-13(8-10(2)19-3)11-6-5-7-12(9-11)14(15,16)17/h5-7,9-10,13,18H,4,8H2,1-3H3. The molecule has 2 nitrogen and oxygen atoms in total. The third-order valence-electron chi connectivity index (χ3n) is 3.04. The smallest absolute Gasteiger partial charge is 0.382 e. The van der Waals surface area contributed by atoms with Crippen LogP contribution in [0.3, 0.4) is 0 Å². The first-order valence-corrected chi connectivity index (χ1v) is 6.31. The second-order valence-corrected chi connectivity index (χ2v) is 4.52. The summed E-state index contributed by atoms with van der Waals surface area (Å²) < 4.78 is 43.3. The molecule has 0 aliphatic heterocycles. The quantitative estimate of drug-likeness (QED) is 0.853. The van der Waals surface area contributed by atoms with Crippen molar-refractivity contribution in [2.75, 3.05) is 13.7 Å². The Labute approximate surface area is 112 Å². The summed E-state index contributed by atoms with van der Waals surface area (Å²) in [6.45, 7) is 4.52. The second-order valence-electron chi connectivity index (χ2n) is 4.52. The van der Waals surface area contributed by atoms with Gasteiger partial charge in [-0.1, -0.05) is 19.1 Å². The van der Waals surface area contributed by atoms with Crippen molar-refractivity contribution >= 4 is 0 Å². The number of rotatable bonds is 6. The van der Waals surface area contributed by atoms with Crippen LogP contribution in [0.4, 0.5) is 13.2 Å². The van der Waals surface area contributed by atoms with Gasteiger partial charge in [0, 0.05) is 13.2 Å². The summed E-state index contributed by atoms with van der Waals surface area (Å²) in [6.07, 6.45) is -3.69. The van der Waals surface area contributed by atoms with Crippen LogP contribution in [0.25, 0.3) is 0 Å². The van der Waals surface area contributed by atoms with Gasteiger partial charge in [0.05, 0.1) is 11.7 Å². The van der Waals surface area contributed by atoms with Crippen LogP contribution in [-0.4, -0.2) is 19.8 Å². The van der Waals surface area contributed by atoms with Gasteiger partial charge in [-0.3, -0.25) is 0 Å². The molecule has 1 rings (SSSR count). The zero-order valence-electron chi connectivity index (χ0n) is 11.4. The Morgan fingerprint density at radius 1 is 1.32 bits per heavy atom. The van der Waals surface area contributed by atoms with E-state index in [1.165, 1.54) is 12.1 Å². The van der Waals surface area contributed by atoms with Gasteiger partial charge in [0.15, 0.2) is 0 Å². The van der Waals surface area contributed by atoms with Crippen LogP contribution in [0, 0.1) is 0 Å². The molecule has 1 aromatic carbocycles. The van der Waals surface area contributed by atoms with Gasteiger partial charge in [-0.15, -0.1) is 0 Å². The van der Waals surface area contributed by atoms with Gasteiger partial charge in [-0.2, -0.15) is 13.2 Å². The Morgan fingerprint density at radius 2 is 2.00 bits per heavy atom. The van der Waals surface area contributed by atoms with Crippen molar-refractivity contribution in [2.45, 2.75) is 38.6 Å². The third-order valence-corrected chi connectivity index (χ3v) is 3.04. The highest BCUT2D eigenvalue weighted by molar-refractivity contribution is 5.28. The lowest BCUT2D eigenvalue weighted by Gasteiger charge is -2.22. The van der Waals surface area contributed by atoms with E-state index in [1.54, 1.807) is 13.2 Å². The molecule has 1 N–H and O–H groups in total. The lowest BCUT2D eigenvalue weighted by Crippen LogP contribution is -2.25. The van der Waals surface area contributed by atoms with E-state index in [2.05, 4.69) is 5.32 Å². The van der Waals surface area contributed by atoms with Crippen molar-refractivity contribution in [2.24, 2.45) is 0 Å². The van der Waals surface area contributed by atoms with E-state index in [0.717, 1.165) is 6.07 Å². The van der Waals surface area contributed by atoms with E-state index in [1.807, 2.05) is 13.8 Å². The maximum Gasteiger partial charge on any atom is 0.416 e. The minimum absolute atomic E-state index is 0.0152. The average Bonchev–Trinajstić information content (AvgIpc) is 2.37. The summed E-state index contributed by atoms with van der Waals surface area (Å²) in [5.74, 6) is 0. The van der Waals surface area contributed by atoms with Crippen molar-refractivity contribution in [3.8, 4) is 0 Å². The molecule has 1 aromatic rings. The molecule has 0 bridgehead atoms. The van der Waals surface area contributed by atoms with E-state index in [4.69, 9.17) is 4.74 Å². The number of ether oxygens (including phenoxy) is 1. The van der Waals surface area contributed by atoms with Crippen molar-refractivity contribution in [1.82, 2.24) is 5.32 Å². The van der Waals surface area contributed by atoms with Crippen molar-refractivity contribution in [3.05, 3.63) is 35.4 Å². The third kappa shape index (κ3) is 4.84. The number of halogens is 3. The molecule has 0 aromatic heterocycles. The minimum atomic E-state index is -4.31. The molecular formula is C14H20F3NO. The predicted molar refractivity (Wildman–Crippen MR) is 68.9 cm³/mol. The molecule has 0 saturated carbocycles. The molecule has 0 heterocycles. The molecule has 0 amide bonds. The maximum atomic E-state index is 12.7. The molecule has 19 heavy (non-hydrogen) atoms. The fourth-order valence-electron chi connectivity index (χ4n) is 1.94. The first-order valence-electron chi connectivity index (χ1n) is 6.31. The fourth-order valence-corrected chi connectivity index (χ4v) is 1.94. The molecule has 0 fully saturated rings. The molecule has 5 heteroatoms. The van der Waals surface area contributed by atoms with E-state index < -0.39 is 11.7 Å². The molecule has 0 saturated heterocycles. The first-order chi connectivity index (χ1) is 8.88. The molecule has 0 aliphatic rings. The summed E-state index contributed by atoms with van der Waals surface area (Å²) in [6, 6.07) is 5.31. The summed E-state index contributed by atoms with van der Waals surface area (Å²) >= 11 is 0. The molecule has 2 unspecified atom stereocenters. The van der Waals surface area contributed by atoms with Crippen LogP contribution < -0.4 is 5.32 Å². The Kier molecular flexibility index (Phi) is 5.82. The topological polar surface area (TPSA) is 21.3 Å². The van der Waals surface area contributed by atoms with Crippen LogP contribution in [-0.2, 0) is 10.9 Å². The maximum absolute atomic E-state index is 12.7. The zero-order valence-corrected chi connectivity index (χ0v) is 11.4. The molecular weight excluding hydrogens is 255 g/mol. The van der Waals surface area contributed by atoms with Crippen LogP contribution in [0.1, 0.15) is 37.4 Å². The number of hydrogen-bond donors (Lipinski definition) is 1. The zero-order chi connectivity index (χ0) is 14.5. The minimum Gasteiger partial charge on any atom is -0.382 e. The number of alkyl halides is 3. The van der Waals surface area contributed by atoms with Gasteiger partial charge in [-0.05, 0) is 37.6 Å². The van der Waals surface area contributed by atoms with Gasteiger partial charge in [0.25, 0.3) is 0 Å². The fraction of sp³-hybridized carbons (Fsp3) is 0.571. The van der Waals surface area contributed by atoms with Gasteiger partial charge < -0.3 is 10.1 Å². The number of benzene rings is 1. The highest BCUT2D eigenvalue weighted by Gasteiger charge is 2.31. The average molecular weight is 275 g/mol. The van der Waals surface area contributed by atoms with Crippen LogP contribution >= 0.6 is 0 Å². The molecule has 0 spiro atoms. The number of hydrogen-bond acceptors (Lipinski definition) is 2. The van der Waals surface area contributed by atoms with Crippen molar-refractivity contribution in [1.29, 1.82) is 0 Å². The monoisotopic (exact) mass is 275 g/mol. The van der Waals surface area contributed by atoms with Crippen LogP contribution in [0.15, 0.2) is 24.3 Å². The Balaban J connectivity index is 2.96. The van der Waals surface area contributed by atoms with Gasteiger partial charge in [-0.25, -0.2) is 0 Å². The van der Waals surface area contributed by atoms with Crippen LogP contribution in [0.2, 0.25) is 0 Å². The highest BCUT2D eigenvalue weighted by Crippen LogP contribution is 2.31. The Hall–Kier alpha value is -1.07. The lowest BCUT2D eigenvalue weighted by molar-refractivity contribution is -0.137. The normalized spacial score (nSPS) is 15.3. The van der Waals surface area contributed by atoms with E-state index >= 15 is 0 Å². The number of methoxy groups -OCH3 is 1. The Morgan fingerprint density at radius 3 is 2.53 bits per heavy atom. The van der Waals surface area contributed by atoms with Crippen molar-refractivity contribution in [3.63, 3.8) is 0 Å². The first kappa shape index (κ1) is 16.0. The molecule has 108 valence electrons. The molecule has 0 radical (unpaired) electrons. The summed E-state index contributed by atoms with van der Waals surface area (Å²) in [7, 11) is 1.60. The molecule has 2 atom stereocenters. The van der Waals surface area contributed by atoms with Gasteiger partial charge >= 0.3 is 6.18 Å². The Bertz CT molecular complexity index is 393. The highest BCUT2D eigenvalue weighted by atomic mass is 19.4. The van der Waals surface area contributed by atoms with Crippen molar-refractivity contribution < 1.29 is 17.9 Å². The summed E-state index contributed by atoms with van der Waals surface area (Å²) in [5.41, 5.74) is 0.0264. The summed E-state index contributed by atoms with van der Waals surface area (Å²) in [5, 5.41) is 3.20. The molecule has 0 aliphatic carbocycles. The lowest BCUT2D eigenvalue weighted by atomic mass is 9.99. The van der Waals surface area contributed by atoms with E-state index in [0.29, 0.717) is 18.5 Å². The van der Waals surface area contributed by atoms with Gasteiger partial charge in [0.2, 0.25) is 0 Å².